The molecule has 4 amide bonds. The summed E-state index contributed by atoms with van der Waals surface area (Å²) in [5, 5.41) is 19.8. The first kappa shape index (κ1) is 39.3. The van der Waals surface area contributed by atoms with Crippen LogP contribution in [0.1, 0.15) is 47.9 Å². The Kier molecular flexibility index (Phi) is 13.4. The number of aromatic hydroxyl groups is 1. The number of halogens is 3. The monoisotopic (exact) mass is 725 g/mol. The fraction of sp³-hybridized carbons (Fsp3) is 0.378. The van der Waals surface area contributed by atoms with E-state index in [1.165, 1.54) is 0 Å². The van der Waals surface area contributed by atoms with Crippen LogP contribution in [0.5, 0.6) is 5.75 Å². The van der Waals surface area contributed by atoms with E-state index in [1.54, 1.807) is 34.1 Å². The minimum absolute atomic E-state index is 0.0269. The first-order valence-corrected chi connectivity index (χ1v) is 16.7. The van der Waals surface area contributed by atoms with Crippen LogP contribution in [0.3, 0.4) is 0 Å². The van der Waals surface area contributed by atoms with Gasteiger partial charge in [-0.05, 0) is 66.5 Å². The van der Waals surface area contributed by atoms with Crippen LogP contribution in [-0.4, -0.2) is 86.5 Å². The fourth-order valence-electron chi connectivity index (χ4n) is 6.48. The Labute approximate surface area is 298 Å². The molecule has 0 unspecified atom stereocenters. The first-order valence-electron chi connectivity index (χ1n) is 16.7. The highest BCUT2D eigenvalue weighted by Gasteiger charge is 2.39. The van der Waals surface area contributed by atoms with Crippen molar-refractivity contribution in [3.05, 3.63) is 101 Å². The number of phenolic OH excluding ortho intramolecular Hbond substituents is 1. The molecule has 2 heterocycles. The highest BCUT2D eigenvalue weighted by Crippen LogP contribution is 2.27. The predicted molar refractivity (Wildman–Crippen MR) is 183 cm³/mol. The van der Waals surface area contributed by atoms with Gasteiger partial charge in [-0.3, -0.25) is 19.2 Å². The molecule has 1 fully saturated rings. The quantitative estimate of drug-likeness (QED) is 0.199. The molecular formula is C37H42F3N5O7. The Hall–Kier alpha value is -5.44. The first-order chi connectivity index (χ1) is 24.6. The predicted octanol–water partition coefficient (Wildman–Crippen LogP) is 2.83. The molecule has 1 saturated heterocycles. The third-order valence-corrected chi connectivity index (χ3v) is 9.00. The van der Waals surface area contributed by atoms with Gasteiger partial charge in [0, 0.05) is 38.0 Å². The second kappa shape index (κ2) is 17.7. The summed E-state index contributed by atoms with van der Waals surface area (Å²) in [4.78, 5) is 65.1. The van der Waals surface area contributed by atoms with Crippen LogP contribution < -0.4 is 16.8 Å². The van der Waals surface area contributed by atoms with Gasteiger partial charge >= 0.3 is 12.1 Å². The zero-order chi connectivity index (χ0) is 38.0. The molecule has 0 aliphatic carbocycles. The van der Waals surface area contributed by atoms with Crippen molar-refractivity contribution >= 4 is 29.6 Å². The number of nitrogens with one attached hydrogen (secondary N) is 1. The van der Waals surface area contributed by atoms with Gasteiger partial charge in [-0.1, -0.05) is 66.7 Å². The molecule has 4 atom stereocenters. The number of hydrogen-bond acceptors (Lipinski definition) is 7. The number of nitrogens with zero attached hydrogens (tertiary/aromatic N) is 2. The van der Waals surface area contributed by atoms with E-state index in [9.17, 15) is 37.5 Å². The van der Waals surface area contributed by atoms with Gasteiger partial charge < -0.3 is 36.8 Å². The standard InChI is InChI=1S/C35H41N5O5.C2HF3O2/c36-30(18-24-12-14-29(41)15-13-24)35(45)39-16-6-11-31(39)34(44)38-27(17-23-7-2-1-3-8-23)20-33(43)40-22-26-10-5-4-9-25(26)19-28(40)21-32(37)42;3-2(4,5)1(6)7/h1-5,7-10,12-15,27-28,30-31,41H,6,11,16-22,36H2,(H2,37,42)(H,38,44);(H,6,7)/t27-,28-,30-,31-;/m0./s1. The van der Waals surface area contributed by atoms with E-state index in [1.807, 2.05) is 54.6 Å². The largest absolute Gasteiger partial charge is 0.508 e. The van der Waals surface area contributed by atoms with Gasteiger partial charge in [-0.25, -0.2) is 4.79 Å². The lowest BCUT2D eigenvalue weighted by Crippen LogP contribution is -2.54. The number of carbonyl (C=O) groups is 5. The third-order valence-electron chi connectivity index (χ3n) is 9.00. The number of carboxylic acid groups (broad SMARTS) is 1. The van der Waals surface area contributed by atoms with E-state index in [-0.39, 0.29) is 48.8 Å². The van der Waals surface area contributed by atoms with Gasteiger partial charge in [-0.2, -0.15) is 13.2 Å². The molecule has 7 N–H and O–H groups in total. The molecular weight excluding hydrogens is 683 g/mol. The Morgan fingerprint density at radius 1 is 0.865 bits per heavy atom. The van der Waals surface area contributed by atoms with Crippen molar-refractivity contribution in [1.82, 2.24) is 15.1 Å². The number of carbonyl (C=O) groups excluding carboxylic acids is 4. The van der Waals surface area contributed by atoms with E-state index in [4.69, 9.17) is 21.4 Å². The molecule has 2 aliphatic heterocycles. The molecule has 2 aliphatic rings. The number of carboxylic acids is 1. The number of rotatable bonds is 11. The minimum atomic E-state index is -5.08. The van der Waals surface area contributed by atoms with Gasteiger partial charge in [0.1, 0.15) is 11.8 Å². The maximum absolute atomic E-state index is 13.9. The van der Waals surface area contributed by atoms with Crippen LogP contribution in [0.4, 0.5) is 13.2 Å². The van der Waals surface area contributed by atoms with Crippen molar-refractivity contribution in [2.24, 2.45) is 11.5 Å². The zero-order valence-corrected chi connectivity index (χ0v) is 28.3. The summed E-state index contributed by atoms with van der Waals surface area (Å²) in [6, 6.07) is 21.6. The molecule has 52 heavy (non-hydrogen) atoms. The van der Waals surface area contributed by atoms with E-state index < -0.39 is 36.2 Å². The molecule has 0 bridgehead atoms. The Morgan fingerprint density at radius 3 is 2.08 bits per heavy atom. The topological polar surface area (TPSA) is 196 Å². The number of alkyl halides is 3. The SMILES string of the molecule is NC(=O)C[C@@H]1Cc2ccccc2CN1C(=O)C[C@H](Cc1ccccc1)NC(=O)[C@@H]1CCCN1C(=O)[C@@H](N)Cc1ccc(O)cc1.O=C(O)C(F)(F)F. The van der Waals surface area contributed by atoms with Crippen molar-refractivity contribution in [2.75, 3.05) is 6.54 Å². The van der Waals surface area contributed by atoms with E-state index in [0.717, 1.165) is 22.3 Å². The summed E-state index contributed by atoms with van der Waals surface area (Å²) >= 11 is 0. The Balaban J connectivity index is 0.000000785. The number of nitrogens with two attached hydrogens (primary N) is 2. The Bertz CT molecular complexity index is 1720. The van der Waals surface area contributed by atoms with Gasteiger partial charge in [0.05, 0.1) is 6.04 Å². The number of fused-ring (bicyclic) bond motifs is 1. The van der Waals surface area contributed by atoms with Crippen LogP contribution in [-0.2, 0) is 49.8 Å². The summed E-state index contributed by atoms with van der Waals surface area (Å²) in [5.74, 6) is -3.89. The molecule has 0 radical (unpaired) electrons. The second-order valence-corrected chi connectivity index (χ2v) is 12.9. The number of hydrogen-bond donors (Lipinski definition) is 5. The van der Waals surface area contributed by atoms with Crippen LogP contribution >= 0.6 is 0 Å². The average Bonchev–Trinajstić information content (AvgIpc) is 3.59. The molecule has 0 saturated carbocycles. The number of phenols is 1. The summed E-state index contributed by atoms with van der Waals surface area (Å²) < 4.78 is 31.7. The maximum atomic E-state index is 13.9. The number of likely N-dealkylation sites (tertiary alicyclic amines) is 1. The van der Waals surface area contributed by atoms with Crippen molar-refractivity contribution < 1.29 is 47.4 Å². The molecule has 0 aromatic heterocycles. The highest BCUT2D eigenvalue weighted by molar-refractivity contribution is 5.91. The zero-order valence-electron chi connectivity index (χ0n) is 28.3. The van der Waals surface area contributed by atoms with Crippen molar-refractivity contribution in [3.63, 3.8) is 0 Å². The summed E-state index contributed by atoms with van der Waals surface area (Å²) in [7, 11) is 0. The molecule has 12 nitrogen and oxygen atoms in total. The van der Waals surface area contributed by atoms with Crippen molar-refractivity contribution in [1.29, 1.82) is 0 Å². The van der Waals surface area contributed by atoms with Gasteiger partial charge in [0.2, 0.25) is 23.6 Å². The van der Waals surface area contributed by atoms with Crippen molar-refractivity contribution in [2.45, 2.75) is 81.8 Å². The summed E-state index contributed by atoms with van der Waals surface area (Å²) in [6.45, 7) is 0.785. The fourth-order valence-corrected chi connectivity index (χ4v) is 6.48. The Morgan fingerprint density at radius 2 is 1.46 bits per heavy atom. The van der Waals surface area contributed by atoms with E-state index in [0.29, 0.717) is 38.8 Å². The number of amides is 4. The minimum Gasteiger partial charge on any atom is -0.508 e. The molecule has 15 heteroatoms. The van der Waals surface area contributed by atoms with Crippen LogP contribution in [0, 0.1) is 0 Å². The number of benzene rings is 3. The number of primary amides is 1. The smallest absolute Gasteiger partial charge is 0.490 e. The normalized spacial score (nSPS) is 17.9. The highest BCUT2D eigenvalue weighted by atomic mass is 19.4. The number of aliphatic carboxylic acids is 1. The lowest BCUT2D eigenvalue weighted by Gasteiger charge is -2.37. The lowest BCUT2D eigenvalue weighted by molar-refractivity contribution is -0.192. The van der Waals surface area contributed by atoms with Crippen molar-refractivity contribution in [3.8, 4) is 5.75 Å². The molecule has 3 aromatic carbocycles. The van der Waals surface area contributed by atoms with E-state index >= 15 is 0 Å². The summed E-state index contributed by atoms with van der Waals surface area (Å²) in [5.41, 5.74) is 15.8. The molecule has 3 aromatic rings. The third kappa shape index (κ3) is 11.0. The van der Waals surface area contributed by atoms with Gasteiger partial charge in [0.25, 0.3) is 0 Å². The average molecular weight is 726 g/mol. The second-order valence-electron chi connectivity index (χ2n) is 12.9. The van der Waals surface area contributed by atoms with Gasteiger partial charge in [0.15, 0.2) is 0 Å². The van der Waals surface area contributed by atoms with E-state index in [2.05, 4.69) is 5.32 Å². The van der Waals surface area contributed by atoms with Crippen LogP contribution in [0.2, 0.25) is 0 Å². The maximum Gasteiger partial charge on any atom is 0.490 e. The van der Waals surface area contributed by atoms with Crippen LogP contribution in [0.15, 0.2) is 78.9 Å². The molecule has 0 spiro atoms. The molecule has 278 valence electrons. The summed E-state index contributed by atoms with van der Waals surface area (Å²) in [6.07, 6.45) is -2.60. The van der Waals surface area contributed by atoms with Crippen LogP contribution in [0.25, 0.3) is 0 Å². The molecule has 5 rings (SSSR count). The van der Waals surface area contributed by atoms with Gasteiger partial charge in [-0.15, -0.1) is 0 Å². The lowest BCUT2D eigenvalue weighted by atomic mass is 9.91.